The summed E-state index contributed by atoms with van der Waals surface area (Å²) in [6.45, 7) is 3.68. The molecule has 0 heterocycles. The van der Waals surface area contributed by atoms with E-state index in [0.29, 0.717) is 11.5 Å². The zero-order valence-corrected chi connectivity index (χ0v) is 8.78. The molecule has 13 heavy (non-hydrogen) atoms. The largest absolute Gasteiger partial charge is 0.303 e. The molecule has 0 aromatic carbocycles. The Balaban J connectivity index is 2.64. The number of halogens is 1. The molecular formula is C11H17ClO. The molecular weight excluding hydrogens is 184 g/mol. The fourth-order valence-electron chi connectivity index (χ4n) is 2.15. The molecule has 0 aliphatic heterocycles. The van der Waals surface area contributed by atoms with Gasteiger partial charge in [-0.15, -0.1) is 0 Å². The highest BCUT2D eigenvalue weighted by Crippen LogP contribution is 2.38. The summed E-state index contributed by atoms with van der Waals surface area (Å²) in [5, 5.41) is 0.619. The summed E-state index contributed by atoms with van der Waals surface area (Å²) in [5.74, 6) is 0. The highest BCUT2D eigenvalue weighted by atomic mass is 35.5. The van der Waals surface area contributed by atoms with Crippen LogP contribution < -0.4 is 0 Å². The Morgan fingerprint density at radius 2 is 1.85 bits per heavy atom. The van der Waals surface area contributed by atoms with Gasteiger partial charge in [-0.2, -0.15) is 0 Å². The molecule has 1 nitrogen and oxygen atoms in total. The van der Waals surface area contributed by atoms with Crippen LogP contribution in [0.1, 0.15) is 44.9 Å². The number of carbonyl (C=O) groups excluding carboxylic acids is 1. The van der Waals surface area contributed by atoms with E-state index in [-0.39, 0.29) is 5.41 Å². The van der Waals surface area contributed by atoms with E-state index in [9.17, 15) is 4.79 Å². The Bertz CT molecular complexity index is 190. The minimum absolute atomic E-state index is 0.185. The second-order valence-electron chi connectivity index (χ2n) is 4.09. The number of hydrogen-bond acceptors (Lipinski definition) is 1. The molecule has 1 aliphatic carbocycles. The van der Waals surface area contributed by atoms with Crippen molar-refractivity contribution in [2.75, 3.05) is 0 Å². The van der Waals surface area contributed by atoms with E-state index >= 15 is 0 Å². The van der Waals surface area contributed by atoms with Gasteiger partial charge in [0.1, 0.15) is 6.29 Å². The van der Waals surface area contributed by atoms with Crippen molar-refractivity contribution in [3.05, 3.63) is 11.6 Å². The van der Waals surface area contributed by atoms with Crippen LogP contribution in [0.3, 0.4) is 0 Å². The van der Waals surface area contributed by atoms with E-state index in [1.165, 1.54) is 12.8 Å². The monoisotopic (exact) mass is 200 g/mol. The second kappa shape index (κ2) is 4.80. The third-order valence-corrected chi connectivity index (χ3v) is 3.03. The fraction of sp³-hybridized carbons (Fsp3) is 0.727. The Hall–Kier alpha value is -0.300. The zero-order chi connectivity index (χ0) is 9.73. The molecule has 0 amide bonds. The average molecular weight is 201 g/mol. The maximum atomic E-state index is 11.1. The molecule has 2 heteroatoms. The van der Waals surface area contributed by atoms with Gasteiger partial charge in [0, 0.05) is 10.4 Å². The third-order valence-electron chi connectivity index (χ3n) is 2.89. The van der Waals surface area contributed by atoms with E-state index in [2.05, 4.69) is 6.58 Å². The smallest absolute Gasteiger partial charge is 0.126 e. The Labute approximate surface area is 85.2 Å². The lowest BCUT2D eigenvalue weighted by Gasteiger charge is -2.25. The van der Waals surface area contributed by atoms with Crippen molar-refractivity contribution in [2.24, 2.45) is 5.41 Å². The van der Waals surface area contributed by atoms with Crippen LogP contribution in [0.5, 0.6) is 0 Å². The number of hydrogen-bond donors (Lipinski definition) is 0. The summed E-state index contributed by atoms with van der Waals surface area (Å²) < 4.78 is 0. The lowest BCUT2D eigenvalue weighted by molar-refractivity contribution is -0.116. The quantitative estimate of drug-likeness (QED) is 0.502. The van der Waals surface area contributed by atoms with E-state index in [1.807, 2.05) is 0 Å². The van der Waals surface area contributed by atoms with Crippen LogP contribution in [0.15, 0.2) is 11.6 Å². The summed E-state index contributed by atoms with van der Waals surface area (Å²) >= 11 is 5.78. The normalized spacial score (nSPS) is 21.9. The number of aldehydes is 1. The van der Waals surface area contributed by atoms with Gasteiger partial charge in [-0.3, -0.25) is 0 Å². The number of carbonyl (C=O) groups is 1. The van der Waals surface area contributed by atoms with Crippen molar-refractivity contribution in [1.29, 1.82) is 0 Å². The van der Waals surface area contributed by atoms with Crippen LogP contribution in [0.4, 0.5) is 0 Å². The molecule has 1 aliphatic rings. The van der Waals surface area contributed by atoms with Crippen LogP contribution in [0, 0.1) is 5.41 Å². The van der Waals surface area contributed by atoms with Crippen LogP contribution in [-0.4, -0.2) is 6.29 Å². The van der Waals surface area contributed by atoms with Gasteiger partial charge in [-0.05, 0) is 19.3 Å². The van der Waals surface area contributed by atoms with Gasteiger partial charge in [-0.1, -0.05) is 43.9 Å². The zero-order valence-electron chi connectivity index (χ0n) is 8.02. The predicted molar refractivity (Wildman–Crippen MR) is 55.8 cm³/mol. The highest BCUT2D eigenvalue weighted by molar-refractivity contribution is 6.29. The SMILES string of the molecule is C=C(Cl)CC1(C=O)CCCCCC1. The molecule has 0 N–H and O–H groups in total. The number of rotatable bonds is 3. The molecule has 0 spiro atoms. The Morgan fingerprint density at radius 3 is 2.23 bits per heavy atom. The van der Waals surface area contributed by atoms with Gasteiger partial charge in [-0.25, -0.2) is 0 Å². The van der Waals surface area contributed by atoms with Crippen molar-refractivity contribution in [2.45, 2.75) is 44.9 Å². The molecule has 0 aromatic rings. The molecule has 0 atom stereocenters. The predicted octanol–water partition coefficient (Wildman–Crippen LogP) is 3.67. The standard InChI is InChI=1S/C11H17ClO/c1-10(12)8-11(9-13)6-4-2-3-5-7-11/h9H,1-8H2. The lowest BCUT2D eigenvalue weighted by Crippen LogP contribution is -2.21. The average Bonchev–Trinajstić information content (AvgIpc) is 2.30. The van der Waals surface area contributed by atoms with Crippen LogP contribution in [-0.2, 0) is 4.79 Å². The van der Waals surface area contributed by atoms with Crippen LogP contribution >= 0.6 is 11.6 Å². The van der Waals surface area contributed by atoms with E-state index < -0.39 is 0 Å². The van der Waals surface area contributed by atoms with E-state index in [0.717, 1.165) is 32.0 Å². The summed E-state index contributed by atoms with van der Waals surface area (Å²) in [5.41, 5.74) is -0.185. The van der Waals surface area contributed by atoms with Crippen LogP contribution in [0.25, 0.3) is 0 Å². The molecule has 0 aromatic heterocycles. The Morgan fingerprint density at radius 1 is 1.31 bits per heavy atom. The first kappa shape index (κ1) is 10.8. The first-order valence-corrected chi connectivity index (χ1v) is 5.36. The fourth-order valence-corrected chi connectivity index (χ4v) is 2.42. The summed E-state index contributed by atoms with van der Waals surface area (Å²) in [6, 6.07) is 0. The minimum Gasteiger partial charge on any atom is -0.303 e. The molecule has 74 valence electrons. The van der Waals surface area contributed by atoms with Crippen molar-refractivity contribution in [1.82, 2.24) is 0 Å². The first-order chi connectivity index (χ1) is 6.18. The number of allylic oxidation sites excluding steroid dienone is 1. The summed E-state index contributed by atoms with van der Waals surface area (Å²) in [6.07, 6.45) is 8.56. The van der Waals surface area contributed by atoms with Gasteiger partial charge in [0.25, 0.3) is 0 Å². The maximum Gasteiger partial charge on any atom is 0.126 e. The molecule has 0 saturated heterocycles. The first-order valence-electron chi connectivity index (χ1n) is 4.98. The summed E-state index contributed by atoms with van der Waals surface area (Å²) in [7, 11) is 0. The van der Waals surface area contributed by atoms with Crippen molar-refractivity contribution >= 4 is 17.9 Å². The lowest BCUT2D eigenvalue weighted by atomic mass is 9.79. The van der Waals surface area contributed by atoms with Crippen molar-refractivity contribution in [3.63, 3.8) is 0 Å². The Kier molecular flexibility index (Phi) is 3.98. The minimum atomic E-state index is -0.185. The van der Waals surface area contributed by atoms with Crippen molar-refractivity contribution in [3.8, 4) is 0 Å². The molecule has 0 radical (unpaired) electrons. The topological polar surface area (TPSA) is 17.1 Å². The molecule has 1 fully saturated rings. The summed E-state index contributed by atoms with van der Waals surface area (Å²) in [4.78, 5) is 11.1. The molecule has 0 unspecified atom stereocenters. The molecule has 1 saturated carbocycles. The van der Waals surface area contributed by atoms with Gasteiger partial charge in [0.15, 0.2) is 0 Å². The van der Waals surface area contributed by atoms with E-state index in [1.54, 1.807) is 0 Å². The third kappa shape index (κ3) is 3.15. The second-order valence-corrected chi connectivity index (χ2v) is 4.62. The van der Waals surface area contributed by atoms with Crippen molar-refractivity contribution < 1.29 is 4.79 Å². The van der Waals surface area contributed by atoms with Gasteiger partial charge < -0.3 is 4.79 Å². The van der Waals surface area contributed by atoms with Gasteiger partial charge in [0.2, 0.25) is 0 Å². The molecule has 0 bridgehead atoms. The van der Waals surface area contributed by atoms with Crippen LogP contribution in [0.2, 0.25) is 0 Å². The van der Waals surface area contributed by atoms with E-state index in [4.69, 9.17) is 11.6 Å². The maximum absolute atomic E-state index is 11.1. The van der Waals surface area contributed by atoms with Gasteiger partial charge >= 0.3 is 0 Å². The highest BCUT2D eigenvalue weighted by Gasteiger charge is 2.30. The molecule has 1 rings (SSSR count). The van der Waals surface area contributed by atoms with Gasteiger partial charge in [0.05, 0.1) is 0 Å².